The molecule has 1 aliphatic heterocycles. The van der Waals surface area contributed by atoms with Crippen LogP contribution in [0.15, 0.2) is 34.9 Å². The van der Waals surface area contributed by atoms with Gasteiger partial charge in [-0.05, 0) is 24.3 Å². The first-order valence-corrected chi connectivity index (χ1v) is 9.94. The van der Waals surface area contributed by atoms with Crippen LogP contribution in [0.1, 0.15) is 16.1 Å². The number of nitrogens with zero attached hydrogens (tertiary/aromatic N) is 1. The van der Waals surface area contributed by atoms with Gasteiger partial charge in [-0.3, -0.25) is 4.79 Å². The zero-order valence-electron chi connectivity index (χ0n) is 15.3. The van der Waals surface area contributed by atoms with E-state index in [2.05, 4.69) is 0 Å². The van der Waals surface area contributed by atoms with Crippen molar-refractivity contribution in [1.82, 2.24) is 4.90 Å². The van der Waals surface area contributed by atoms with Gasteiger partial charge in [0.15, 0.2) is 21.3 Å². The van der Waals surface area contributed by atoms with Crippen molar-refractivity contribution in [1.29, 1.82) is 0 Å². The molecule has 0 unspecified atom stereocenters. The number of rotatable bonds is 7. The van der Waals surface area contributed by atoms with Crippen molar-refractivity contribution < 1.29 is 31.8 Å². The molecule has 0 bridgehead atoms. The first-order chi connectivity index (χ1) is 12.9. The fourth-order valence-corrected chi connectivity index (χ4v) is 4.54. The van der Waals surface area contributed by atoms with E-state index in [1.807, 2.05) is 0 Å². The van der Waals surface area contributed by atoms with Gasteiger partial charge >= 0.3 is 0 Å². The van der Waals surface area contributed by atoms with Gasteiger partial charge in [0.05, 0.1) is 32.8 Å². The molecule has 1 aromatic carbocycles. The highest BCUT2D eigenvalue weighted by Gasteiger charge is 2.40. The molecule has 0 atom stereocenters. The Bertz CT molecular complexity index is 890. The van der Waals surface area contributed by atoms with E-state index in [9.17, 15) is 13.2 Å². The average Bonchev–Trinajstić information content (AvgIpc) is 3.10. The number of sulfone groups is 1. The van der Waals surface area contributed by atoms with Crippen molar-refractivity contribution in [2.75, 3.05) is 34.4 Å². The van der Waals surface area contributed by atoms with Gasteiger partial charge < -0.3 is 23.5 Å². The lowest BCUT2D eigenvalue weighted by molar-refractivity contribution is 0.0658. The molecule has 2 heterocycles. The molecule has 3 rings (SSSR count). The Hall–Kier alpha value is -2.68. The van der Waals surface area contributed by atoms with Gasteiger partial charge in [-0.1, -0.05) is 0 Å². The molecule has 1 aromatic heterocycles. The van der Waals surface area contributed by atoms with E-state index in [1.54, 1.807) is 24.3 Å². The second-order valence-corrected chi connectivity index (χ2v) is 8.41. The minimum absolute atomic E-state index is 0.137. The number of carbonyl (C=O) groups is 1. The summed E-state index contributed by atoms with van der Waals surface area (Å²) in [6, 6.07) is 6.36. The molecule has 2 aromatic rings. The summed E-state index contributed by atoms with van der Waals surface area (Å²) in [5.74, 6) is 1.05. The summed E-state index contributed by atoms with van der Waals surface area (Å²) in [7, 11) is 1.02. The first-order valence-electron chi connectivity index (χ1n) is 8.22. The minimum Gasteiger partial charge on any atom is -0.493 e. The lowest BCUT2D eigenvalue weighted by Gasteiger charge is -2.38. The van der Waals surface area contributed by atoms with E-state index in [-0.39, 0.29) is 24.7 Å². The highest BCUT2D eigenvalue weighted by atomic mass is 32.2. The van der Waals surface area contributed by atoms with Crippen LogP contribution in [0.25, 0.3) is 0 Å². The van der Waals surface area contributed by atoms with Crippen molar-refractivity contribution in [3.63, 3.8) is 0 Å². The van der Waals surface area contributed by atoms with Crippen molar-refractivity contribution in [2.45, 2.75) is 11.0 Å². The quantitative estimate of drug-likeness (QED) is 0.705. The van der Waals surface area contributed by atoms with Gasteiger partial charge in [-0.25, -0.2) is 8.42 Å². The van der Waals surface area contributed by atoms with Crippen LogP contribution in [-0.4, -0.2) is 58.9 Å². The molecule has 8 nitrogen and oxygen atoms in total. The molecule has 0 aliphatic carbocycles. The molecule has 146 valence electrons. The van der Waals surface area contributed by atoms with Crippen molar-refractivity contribution >= 4 is 15.7 Å². The summed E-state index contributed by atoms with van der Waals surface area (Å²) in [6.45, 7) is 0.275. The lowest BCUT2D eigenvalue weighted by Crippen LogP contribution is -2.57. The van der Waals surface area contributed by atoms with Gasteiger partial charge in [-0.15, -0.1) is 0 Å². The highest BCUT2D eigenvalue weighted by molar-refractivity contribution is 7.91. The van der Waals surface area contributed by atoms with Crippen LogP contribution in [0.5, 0.6) is 17.2 Å². The second-order valence-electron chi connectivity index (χ2n) is 6.13. The number of furan rings is 1. The Labute approximate surface area is 157 Å². The van der Waals surface area contributed by atoms with Gasteiger partial charge in [0, 0.05) is 18.7 Å². The summed E-state index contributed by atoms with van der Waals surface area (Å²) < 4.78 is 45.7. The summed E-state index contributed by atoms with van der Waals surface area (Å²) >= 11 is 0. The van der Waals surface area contributed by atoms with Crippen LogP contribution < -0.4 is 14.2 Å². The van der Waals surface area contributed by atoms with Gasteiger partial charge in [-0.2, -0.15) is 0 Å². The Balaban J connectivity index is 1.72. The predicted octanol–water partition coefficient (Wildman–Crippen LogP) is 1.74. The average molecular weight is 395 g/mol. The fourth-order valence-electron chi connectivity index (χ4n) is 2.93. The second kappa shape index (κ2) is 7.51. The van der Waals surface area contributed by atoms with Crippen molar-refractivity contribution in [3.05, 3.63) is 41.9 Å². The fraction of sp³-hybridized carbons (Fsp3) is 0.389. The number of hydrogen-bond acceptors (Lipinski definition) is 7. The third-order valence-corrected chi connectivity index (χ3v) is 6.48. The molecule has 0 N–H and O–H groups in total. The Kier molecular flexibility index (Phi) is 5.31. The van der Waals surface area contributed by atoms with E-state index in [0.29, 0.717) is 28.6 Å². The smallest absolute Gasteiger partial charge is 0.254 e. The molecule has 0 radical (unpaired) electrons. The number of benzene rings is 1. The molecule has 0 spiro atoms. The van der Waals surface area contributed by atoms with Crippen LogP contribution in [0, 0.1) is 0 Å². The number of hydrogen-bond donors (Lipinski definition) is 0. The summed E-state index contributed by atoms with van der Waals surface area (Å²) in [5.41, 5.74) is 0.339. The standard InChI is InChI=1S/C18H21NO7S/c1-23-15-7-12(8-16(24-2)17(15)25-3)18(20)19-9-14(10-19)27(21,22)11-13-5-4-6-26-13/h4-8,14H,9-11H2,1-3H3. The molecular formula is C18H21NO7S. The predicted molar refractivity (Wildman–Crippen MR) is 97.1 cm³/mol. The summed E-state index contributed by atoms with van der Waals surface area (Å²) in [4.78, 5) is 14.2. The van der Waals surface area contributed by atoms with Crippen molar-refractivity contribution in [3.8, 4) is 17.2 Å². The monoisotopic (exact) mass is 395 g/mol. The van der Waals surface area contributed by atoms with Gasteiger partial charge in [0.25, 0.3) is 5.91 Å². The van der Waals surface area contributed by atoms with Crippen LogP contribution >= 0.6 is 0 Å². The summed E-state index contributed by atoms with van der Waals surface area (Å²) in [6.07, 6.45) is 1.44. The molecule has 1 amide bonds. The molecular weight excluding hydrogens is 374 g/mol. The zero-order valence-corrected chi connectivity index (χ0v) is 16.1. The molecule has 1 aliphatic rings. The highest BCUT2D eigenvalue weighted by Crippen LogP contribution is 2.38. The van der Waals surface area contributed by atoms with Crippen LogP contribution in [0.4, 0.5) is 0 Å². The Morgan fingerprint density at radius 1 is 1.15 bits per heavy atom. The SMILES string of the molecule is COc1cc(C(=O)N2CC(S(=O)(=O)Cc3ccco3)C2)cc(OC)c1OC. The molecule has 0 saturated carbocycles. The van der Waals surface area contributed by atoms with Crippen molar-refractivity contribution in [2.24, 2.45) is 0 Å². The maximum absolute atomic E-state index is 12.7. The topological polar surface area (TPSA) is 95.3 Å². The first kappa shape index (κ1) is 19.1. The van der Waals surface area contributed by atoms with Gasteiger partial charge in [0.2, 0.25) is 5.75 Å². The van der Waals surface area contributed by atoms with E-state index in [4.69, 9.17) is 18.6 Å². The van der Waals surface area contributed by atoms with Crippen LogP contribution in [0.3, 0.4) is 0 Å². The molecule has 1 saturated heterocycles. The number of methoxy groups -OCH3 is 3. The van der Waals surface area contributed by atoms with Crippen LogP contribution in [-0.2, 0) is 15.6 Å². The largest absolute Gasteiger partial charge is 0.493 e. The van der Waals surface area contributed by atoms with E-state index < -0.39 is 15.1 Å². The Morgan fingerprint density at radius 2 is 1.78 bits per heavy atom. The number of likely N-dealkylation sites (tertiary alicyclic amines) is 1. The zero-order chi connectivity index (χ0) is 19.6. The Morgan fingerprint density at radius 3 is 2.26 bits per heavy atom. The molecule has 27 heavy (non-hydrogen) atoms. The number of amides is 1. The van der Waals surface area contributed by atoms with Crippen LogP contribution in [0.2, 0.25) is 0 Å². The summed E-state index contributed by atoms with van der Waals surface area (Å²) in [5, 5.41) is -0.603. The maximum Gasteiger partial charge on any atom is 0.254 e. The van der Waals surface area contributed by atoms with E-state index >= 15 is 0 Å². The van der Waals surface area contributed by atoms with E-state index in [0.717, 1.165) is 0 Å². The van der Waals surface area contributed by atoms with Gasteiger partial charge in [0.1, 0.15) is 11.5 Å². The third kappa shape index (κ3) is 3.73. The lowest BCUT2D eigenvalue weighted by atomic mass is 10.1. The number of carbonyl (C=O) groups excluding carboxylic acids is 1. The normalized spacial score (nSPS) is 14.6. The number of ether oxygens (including phenoxy) is 3. The third-order valence-electron chi connectivity index (χ3n) is 4.48. The van der Waals surface area contributed by atoms with E-state index in [1.165, 1.54) is 32.5 Å². The minimum atomic E-state index is -3.39. The maximum atomic E-state index is 12.7. The molecule has 1 fully saturated rings. The molecule has 9 heteroatoms.